The van der Waals surface area contributed by atoms with Crippen molar-refractivity contribution < 1.29 is 57.2 Å². The van der Waals surface area contributed by atoms with Gasteiger partial charge in [0.1, 0.15) is 22.4 Å². The normalized spacial score (nSPS) is 26.1. The highest BCUT2D eigenvalue weighted by molar-refractivity contribution is 5.81. The van der Waals surface area contributed by atoms with Crippen molar-refractivity contribution in [3.05, 3.63) is 0 Å². The lowest BCUT2D eigenvalue weighted by Gasteiger charge is -2.60. The Labute approximate surface area is 246 Å². The topological polar surface area (TPSA) is 158 Å². The van der Waals surface area contributed by atoms with E-state index in [0.29, 0.717) is 32.1 Å². The Hall–Kier alpha value is -3.18. The highest BCUT2D eigenvalue weighted by Gasteiger charge is 2.61. The van der Waals surface area contributed by atoms with Gasteiger partial charge in [0.15, 0.2) is 13.2 Å². The third-order valence-corrected chi connectivity index (χ3v) is 7.22. The number of carbonyl (C=O) groups excluding carboxylic acids is 6. The van der Waals surface area contributed by atoms with Crippen LogP contribution >= 0.6 is 0 Å². The summed E-state index contributed by atoms with van der Waals surface area (Å²) in [4.78, 5) is 73.0. The Bertz CT molecular complexity index is 969. The number of hydrogen-bond donors (Lipinski definition) is 0. The molecule has 0 amide bonds. The largest absolute Gasteiger partial charge is 0.459 e. The smallest absolute Gasteiger partial charge is 0.344 e. The average Bonchev–Trinajstić information content (AvgIpc) is 2.80. The Balaban J connectivity index is 1.45. The van der Waals surface area contributed by atoms with Crippen molar-refractivity contribution in [2.45, 2.75) is 128 Å². The molecule has 4 fully saturated rings. The summed E-state index contributed by atoms with van der Waals surface area (Å²) in [6.07, 6.45) is 3.07. The lowest BCUT2D eigenvalue weighted by atomic mass is 9.52. The van der Waals surface area contributed by atoms with Crippen LogP contribution in [0.5, 0.6) is 0 Å². The molecule has 4 bridgehead atoms. The van der Waals surface area contributed by atoms with E-state index in [1.807, 2.05) is 0 Å². The zero-order valence-electron chi connectivity index (χ0n) is 25.5. The van der Waals surface area contributed by atoms with Crippen LogP contribution in [-0.2, 0) is 57.2 Å². The fourth-order valence-corrected chi connectivity index (χ4v) is 6.49. The fraction of sp³-hybridized carbons (Fsp3) is 0.800. The summed E-state index contributed by atoms with van der Waals surface area (Å²) in [5, 5.41) is 0. The zero-order valence-corrected chi connectivity index (χ0v) is 25.5. The van der Waals surface area contributed by atoms with Gasteiger partial charge in [-0.2, -0.15) is 0 Å². The van der Waals surface area contributed by atoms with E-state index in [-0.39, 0.29) is 37.5 Å². The minimum atomic E-state index is -0.784. The Morgan fingerprint density at radius 3 is 1.21 bits per heavy atom. The molecule has 0 aromatic heterocycles. The van der Waals surface area contributed by atoms with E-state index in [0.717, 1.165) is 6.42 Å². The third kappa shape index (κ3) is 10.6. The summed E-state index contributed by atoms with van der Waals surface area (Å²) in [5.41, 5.74) is -2.97. The molecule has 42 heavy (non-hydrogen) atoms. The summed E-state index contributed by atoms with van der Waals surface area (Å²) in [6, 6.07) is 0. The molecule has 4 aliphatic rings. The number of hydrogen-bond acceptors (Lipinski definition) is 12. The van der Waals surface area contributed by atoms with E-state index in [1.54, 1.807) is 41.5 Å². The van der Waals surface area contributed by atoms with E-state index in [9.17, 15) is 28.8 Å². The molecule has 236 valence electrons. The lowest BCUT2D eigenvalue weighted by Crippen LogP contribution is -2.61. The van der Waals surface area contributed by atoms with E-state index in [1.165, 1.54) is 0 Å². The van der Waals surface area contributed by atoms with Gasteiger partial charge < -0.3 is 28.4 Å². The first-order chi connectivity index (χ1) is 19.3. The fourth-order valence-electron chi connectivity index (χ4n) is 6.49. The van der Waals surface area contributed by atoms with Crippen LogP contribution in [0.1, 0.15) is 106 Å². The van der Waals surface area contributed by atoms with E-state index < -0.39 is 71.4 Å². The molecule has 0 aromatic rings. The number of ether oxygens (including phenoxy) is 6. The van der Waals surface area contributed by atoms with Gasteiger partial charge in [-0.05, 0) is 85.5 Å². The molecule has 4 rings (SSSR count). The average molecular weight is 597 g/mol. The first-order valence-electron chi connectivity index (χ1n) is 14.5. The maximum absolute atomic E-state index is 12.7. The van der Waals surface area contributed by atoms with E-state index in [4.69, 9.17) is 28.4 Å². The molecule has 0 atom stereocenters. The van der Waals surface area contributed by atoms with Crippen molar-refractivity contribution in [1.29, 1.82) is 0 Å². The predicted molar refractivity (Wildman–Crippen MR) is 144 cm³/mol. The second-order valence-electron chi connectivity index (χ2n) is 13.8. The van der Waals surface area contributed by atoms with Gasteiger partial charge in [0.05, 0.1) is 25.7 Å². The number of esters is 6. The SMILES string of the molecule is CC(C)(C)OC(=O)COC(=O)CCC(=O)OC12CC3CC(C1)CC(OC(=O)CCC(=O)OCC(=O)OC(C)(C)C)(C3)C2. The Morgan fingerprint density at radius 1 is 0.548 bits per heavy atom. The van der Waals surface area contributed by atoms with Gasteiger partial charge in [-0.25, -0.2) is 9.59 Å². The molecule has 4 aliphatic carbocycles. The highest BCUT2D eigenvalue weighted by atomic mass is 16.6. The molecule has 0 heterocycles. The molecule has 12 nitrogen and oxygen atoms in total. The molecule has 4 saturated carbocycles. The molecule has 0 aromatic carbocycles. The summed E-state index contributed by atoms with van der Waals surface area (Å²) in [5.74, 6) is -3.43. The summed E-state index contributed by atoms with van der Waals surface area (Å²) >= 11 is 0. The standard InChI is InChI=1S/C30H44O12/c1-27(2,3)39-25(35)16-37-21(31)7-9-23(33)41-29-12-19-11-20(13-29)15-30(14-19,18-29)42-24(34)10-8-22(32)38-17-26(36)40-28(4,5)6/h19-20H,7-18H2,1-6H3. The van der Waals surface area contributed by atoms with Gasteiger partial charge >= 0.3 is 35.8 Å². The van der Waals surface area contributed by atoms with Crippen LogP contribution < -0.4 is 0 Å². The molecule has 0 unspecified atom stereocenters. The van der Waals surface area contributed by atoms with Crippen molar-refractivity contribution in [2.75, 3.05) is 13.2 Å². The van der Waals surface area contributed by atoms with Crippen LogP contribution in [0.4, 0.5) is 0 Å². The zero-order chi connectivity index (χ0) is 31.3. The van der Waals surface area contributed by atoms with Crippen molar-refractivity contribution >= 4 is 35.8 Å². The van der Waals surface area contributed by atoms with Crippen LogP contribution in [0.25, 0.3) is 0 Å². The summed E-state index contributed by atoms with van der Waals surface area (Å²) < 4.78 is 31.9. The number of rotatable bonds is 12. The number of carbonyl (C=O) groups is 6. The van der Waals surface area contributed by atoms with Crippen LogP contribution in [0.3, 0.4) is 0 Å². The van der Waals surface area contributed by atoms with Crippen molar-refractivity contribution in [3.63, 3.8) is 0 Å². The molecule has 0 radical (unpaired) electrons. The van der Waals surface area contributed by atoms with Crippen LogP contribution in [0, 0.1) is 11.8 Å². The minimum Gasteiger partial charge on any atom is -0.459 e. The second kappa shape index (κ2) is 13.0. The Kier molecular flexibility index (Phi) is 10.3. The van der Waals surface area contributed by atoms with Gasteiger partial charge in [-0.3, -0.25) is 19.2 Å². The monoisotopic (exact) mass is 596 g/mol. The third-order valence-electron chi connectivity index (χ3n) is 7.22. The van der Waals surface area contributed by atoms with Crippen LogP contribution in [-0.4, -0.2) is 71.4 Å². The Morgan fingerprint density at radius 2 is 0.881 bits per heavy atom. The first kappa shape index (κ1) is 33.3. The highest BCUT2D eigenvalue weighted by Crippen LogP contribution is 2.60. The van der Waals surface area contributed by atoms with Crippen LogP contribution in [0.15, 0.2) is 0 Å². The molecule has 0 spiro atoms. The van der Waals surface area contributed by atoms with Gasteiger partial charge in [-0.1, -0.05) is 0 Å². The second-order valence-corrected chi connectivity index (χ2v) is 13.8. The van der Waals surface area contributed by atoms with Gasteiger partial charge in [0.2, 0.25) is 0 Å². The van der Waals surface area contributed by atoms with Crippen LogP contribution in [0.2, 0.25) is 0 Å². The molecule has 0 N–H and O–H groups in total. The molecule has 0 aliphatic heterocycles. The first-order valence-corrected chi connectivity index (χ1v) is 14.5. The van der Waals surface area contributed by atoms with Gasteiger partial charge in [0.25, 0.3) is 0 Å². The summed E-state index contributed by atoms with van der Waals surface area (Å²) in [6.45, 7) is 9.13. The van der Waals surface area contributed by atoms with E-state index >= 15 is 0 Å². The summed E-state index contributed by atoms with van der Waals surface area (Å²) in [7, 11) is 0. The molecular weight excluding hydrogens is 552 g/mol. The predicted octanol–water partition coefficient (Wildman–Crippen LogP) is 3.49. The maximum Gasteiger partial charge on any atom is 0.344 e. The minimum absolute atomic E-state index is 0.206. The molecular formula is C30H44O12. The van der Waals surface area contributed by atoms with Crippen molar-refractivity contribution in [1.82, 2.24) is 0 Å². The quantitative estimate of drug-likeness (QED) is 0.239. The van der Waals surface area contributed by atoms with Crippen molar-refractivity contribution in [3.8, 4) is 0 Å². The van der Waals surface area contributed by atoms with Crippen molar-refractivity contribution in [2.24, 2.45) is 11.8 Å². The van der Waals surface area contributed by atoms with E-state index in [2.05, 4.69) is 0 Å². The molecule has 12 heteroatoms. The maximum atomic E-state index is 12.7. The lowest BCUT2D eigenvalue weighted by molar-refractivity contribution is -0.231. The van der Waals surface area contributed by atoms with Gasteiger partial charge in [-0.15, -0.1) is 0 Å². The molecule has 0 saturated heterocycles. The van der Waals surface area contributed by atoms with Gasteiger partial charge in [0, 0.05) is 6.42 Å².